The van der Waals surface area contributed by atoms with Crippen molar-refractivity contribution in [1.29, 1.82) is 0 Å². The van der Waals surface area contributed by atoms with Gasteiger partial charge in [0.15, 0.2) is 14.6 Å². The smallest absolute Gasteiger partial charge is 0.187 e. The summed E-state index contributed by atoms with van der Waals surface area (Å²) in [5.74, 6) is 0. The van der Waals surface area contributed by atoms with Crippen molar-refractivity contribution in [2.24, 2.45) is 0 Å². The van der Waals surface area contributed by atoms with Gasteiger partial charge in [-0.1, -0.05) is 51.1 Å². The van der Waals surface area contributed by atoms with Gasteiger partial charge in [0.05, 0.1) is 13.2 Å². The molecule has 2 atom stereocenters. The molecule has 0 spiro atoms. The van der Waals surface area contributed by atoms with Crippen LogP contribution >= 0.6 is 0 Å². The third-order valence-corrected chi connectivity index (χ3v) is 7.66. The summed E-state index contributed by atoms with van der Waals surface area (Å²) in [6.45, 7) is 11.3. The molecule has 1 aliphatic heterocycles. The molecule has 1 aliphatic rings. The van der Waals surface area contributed by atoms with Crippen molar-refractivity contribution in [2.45, 2.75) is 57.7 Å². The number of carbonyl (C=O) groups is 1. The van der Waals surface area contributed by atoms with E-state index in [2.05, 4.69) is 20.8 Å². The van der Waals surface area contributed by atoms with Gasteiger partial charge < -0.3 is 19.1 Å². The Morgan fingerprint density at radius 3 is 2.23 bits per heavy atom. The molecule has 0 aromatic heterocycles. The first-order valence-electron chi connectivity index (χ1n) is 7.60. The van der Waals surface area contributed by atoms with Crippen LogP contribution in [-0.4, -0.2) is 38.2 Å². The minimum atomic E-state index is -1.86. The summed E-state index contributed by atoms with van der Waals surface area (Å²) in [7, 11) is -1.86. The van der Waals surface area contributed by atoms with Crippen LogP contribution in [0.2, 0.25) is 18.1 Å². The van der Waals surface area contributed by atoms with Crippen LogP contribution in [0.25, 0.3) is 0 Å². The van der Waals surface area contributed by atoms with Gasteiger partial charge in [-0.3, -0.25) is 0 Å². The van der Waals surface area contributed by atoms with Gasteiger partial charge >= 0.3 is 0 Å². The van der Waals surface area contributed by atoms with Gasteiger partial charge in [-0.05, 0) is 23.7 Å². The van der Waals surface area contributed by atoms with Crippen LogP contribution in [0.1, 0.15) is 26.3 Å². The van der Waals surface area contributed by atoms with Crippen molar-refractivity contribution < 1.29 is 19.1 Å². The quantitative estimate of drug-likeness (QED) is 0.513. The van der Waals surface area contributed by atoms with E-state index in [1.165, 1.54) is 0 Å². The van der Waals surface area contributed by atoms with E-state index in [1.54, 1.807) is 0 Å². The van der Waals surface area contributed by atoms with Crippen LogP contribution in [0.5, 0.6) is 0 Å². The Bertz CT molecular complexity index is 436. The van der Waals surface area contributed by atoms with Crippen LogP contribution in [0.15, 0.2) is 30.3 Å². The molecule has 1 aromatic rings. The van der Waals surface area contributed by atoms with Gasteiger partial charge in [-0.2, -0.15) is 0 Å². The average molecular weight is 324 g/mol. The highest BCUT2D eigenvalue weighted by Crippen LogP contribution is 2.33. The van der Waals surface area contributed by atoms with E-state index in [1.807, 2.05) is 43.4 Å². The van der Waals surface area contributed by atoms with E-state index < -0.39 is 8.32 Å². The molecule has 124 valence electrons. The van der Waals surface area contributed by atoms with Gasteiger partial charge in [0.25, 0.3) is 0 Å². The Morgan fingerprint density at radius 2 is 1.82 bits per heavy atom. The molecule has 1 N–H and O–H groups in total. The second kappa shape index (κ2) is 8.01. The molecule has 1 fully saturated rings. The molecule has 1 heterocycles. The van der Waals surface area contributed by atoms with Gasteiger partial charge in [0.1, 0.15) is 12.2 Å². The molecule has 0 bridgehead atoms. The first kappa shape index (κ1) is 19.0. The van der Waals surface area contributed by atoms with Crippen molar-refractivity contribution in [1.82, 2.24) is 0 Å². The predicted octanol–water partition coefficient (Wildman–Crippen LogP) is 3.15. The van der Waals surface area contributed by atoms with Gasteiger partial charge in [0, 0.05) is 0 Å². The number of epoxide rings is 1. The summed E-state index contributed by atoms with van der Waals surface area (Å²) in [5, 5.41) is 0.132. The fourth-order valence-electron chi connectivity index (χ4n) is 1.28. The van der Waals surface area contributed by atoms with Crippen molar-refractivity contribution >= 4 is 14.6 Å². The summed E-state index contributed by atoms with van der Waals surface area (Å²) in [5.41, 5.74) is 1.14. The zero-order valence-electron chi connectivity index (χ0n) is 14.2. The molecule has 0 radical (unpaired) electrons. The Kier molecular flexibility index (Phi) is 6.93. The monoisotopic (exact) mass is 324 g/mol. The fraction of sp³-hybridized carbons (Fsp3) is 0.588. The maximum Gasteiger partial charge on any atom is 0.187 e. The first-order valence-corrected chi connectivity index (χ1v) is 10.5. The maximum absolute atomic E-state index is 10.2. The lowest BCUT2D eigenvalue weighted by Gasteiger charge is -2.30. The van der Waals surface area contributed by atoms with Crippen LogP contribution in [0, 0.1) is 0 Å². The van der Waals surface area contributed by atoms with Crippen LogP contribution in [0.3, 0.4) is 0 Å². The molecular formula is C17H28O4Si. The van der Waals surface area contributed by atoms with E-state index in [-0.39, 0.29) is 17.2 Å². The third-order valence-electron chi connectivity index (χ3n) is 3.98. The van der Waals surface area contributed by atoms with Crippen molar-refractivity contribution in [3.05, 3.63) is 35.9 Å². The molecule has 1 aromatic carbocycles. The molecule has 0 amide bonds. The molecule has 5 heteroatoms. The van der Waals surface area contributed by atoms with Crippen LogP contribution < -0.4 is 0 Å². The number of benzene rings is 1. The lowest BCUT2D eigenvalue weighted by molar-refractivity contribution is -0.108. The lowest BCUT2D eigenvalue weighted by Crippen LogP contribution is -2.36. The number of aldehydes is 1. The molecule has 0 saturated carbocycles. The first-order chi connectivity index (χ1) is 10.1. The number of ether oxygens (including phenoxy) is 2. The summed E-state index contributed by atoms with van der Waals surface area (Å²) in [6, 6.07) is 9.92. The van der Waals surface area contributed by atoms with Gasteiger partial charge in [-0.15, -0.1) is 0 Å². The summed E-state index contributed by atoms with van der Waals surface area (Å²) >= 11 is 0. The number of carbonyl (C=O) groups excluding carboxylic acids is 1. The zero-order chi connectivity index (χ0) is 16.8. The standard InChI is InChI=1S/C11H12O3.C6H16OSi/c12-6-10-11(14-10)8-13-7-9-4-2-1-3-5-9;1-6(2,3)8(4,5)7/h1-6,10-11H,7-8H2;7H,1-5H3/t10-,11+;/m1./s1. The van der Waals surface area contributed by atoms with Gasteiger partial charge in [0.2, 0.25) is 0 Å². The van der Waals surface area contributed by atoms with Gasteiger partial charge in [-0.25, -0.2) is 0 Å². The molecule has 2 rings (SSSR count). The molecule has 4 nitrogen and oxygen atoms in total. The normalized spacial score (nSPS) is 20.8. The highest BCUT2D eigenvalue weighted by Gasteiger charge is 2.38. The van der Waals surface area contributed by atoms with Crippen LogP contribution in [-0.2, 0) is 20.9 Å². The van der Waals surface area contributed by atoms with E-state index in [0.29, 0.717) is 13.2 Å². The molecular weight excluding hydrogens is 296 g/mol. The van der Waals surface area contributed by atoms with E-state index in [9.17, 15) is 9.59 Å². The third kappa shape index (κ3) is 6.83. The maximum atomic E-state index is 10.2. The van der Waals surface area contributed by atoms with Crippen molar-refractivity contribution in [3.63, 3.8) is 0 Å². The Labute approximate surface area is 134 Å². The number of rotatable bonds is 5. The second-order valence-electron chi connectivity index (χ2n) is 7.08. The van der Waals surface area contributed by atoms with Crippen molar-refractivity contribution in [2.75, 3.05) is 6.61 Å². The summed E-state index contributed by atoms with van der Waals surface area (Å²) in [6.07, 6.45) is 0.568. The SMILES string of the molecule is CC(C)(C)[Si](C)(C)O.O=C[C@H]1O[C@H]1COCc1ccccc1. The minimum Gasteiger partial charge on any atom is -0.432 e. The van der Waals surface area contributed by atoms with E-state index in [0.717, 1.165) is 11.8 Å². The van der Waals surface area contributed by atoms with Crippen molar-refractivity contribution in [3.8, 4) is 0 Å². The largest absolute Gasteiger partial charge is 0.432 e. The lowest BCUT2D eigenvalue weighted by atomic mass is 10.2. The summed E-state index contributed by atoms with van der Waals surface area (Å²) in [4.78, 5) is 19.7. The minimum absolute atomic E-state index is 0.0174. The summed E-state index contributed by atoms with van der Waals surface area (Å²) < 4.78 is 10.4. The van der Waals surface area contributed by atoms with E-state index in [4.69, 9.17) is 9.47 Å². The van der Waals surface area contributed by atoms with Crippen LogP contribution in [0.4, 0.5) is 0 Å². The Morgan fingerprint density at radius 1 is 1.27 bits per heavy atom. The molecule has 0 aliphatic carbocycles. The highest BCUT2D eigenvalue weighted by molar-refractivity contribution is 6.72. The highest BCUT2D eigenvalue weighted by atomic mass is 28.4. The molecule has 1 saturated heterocycles. The average Bonchev–Trinajstić information content (AvgIpc) is 3.17. The predicted molar refractivity (Wildman–Crippen MR) is 90.2 cm³/mol. The fourth-order valence-corrected chi connectivity index (χ4v) is 1.28. The molecule has 0 unspecified atom stereocenters. The molecule has 22 heavy (non-hydrogen) atoms. The zero-order valence-corrected chi connectivity index (χ0v) is 15.2. The number of hydrogen-bond donors (Lipinski definition) is 1. The topological polar surface area (TPSA) is 59.1 Å². The Hall–Kier alpha value is -1.01. The Balaban J connectivity index is 0.000000261. The van der Waals surface area contributed by atoms with E-state index >= 15 is 0 Å². The number of hydrogen-bond acceptors (Lipinski definition) is 4. The second-order valence-corrected chi connectivity index (χ2v) is 11.7.